The fourth-order valence-electron chi connectivity index (χ4n) is 0.594. The number of aliphatic hydroxyl groups is 3. The number of hydrogen-bond donors (Lipinski definition) is 4. The summed E-state index contributed by atoms with van der Waals surface area (Å²) in [6, 6.07) is -1.00. The van der Waals surface area contributed by atoms with Crippen molar-refractivity contribution in [3.05, 3.63) is 0 Å². The molecule has 5 N–H and O–H groups in total. The van der Waals surface area contributed by atoms with Crippen molar-refractivity contribution in [1.82, 2.24) is 0 Å². The summed E-state index contributed by atoms with van der Waals surface area (Å²) in [5.41, 5.74) is 5.22. The zero-order chi connectivity index (χ0) is 9.02. The summed E-state index contributed by atoms with van der Waals surface area (Å²) < 4.78 is 0. The van der Waals surface area contributed by atoms with Crippen LogP contribution in [0.1, 0.15) is 6.92 Å². The van der Waals surface area contributed by atoms with Gasteiger partial charge in [-0.25, -0.2) is 0 Å². The Bertz CT molecular complexity index is 128. The second kappa shape index (κ2) is 4.40. The van der Waals surface area contributed by atoms with Crippen molar-refractivity contribution in [3.8, 4) is 0 Å². The zero-order valence-electron chi connectivity index (χ0n) is 6.21. The molecule has 0 rings (SSSR count). The maximum absolute atomic E-state index is 9.93. The van der Waals surface area contributed by atoms with Crippen molar-refractivity contribution in [2.75, 3.05) is 0 Å². The fourth-order valence-corrected chi connectivity index (χ4v) is 0.594. The Morgan fingerprint density at radius 3 is 2.09 bits per heavy atom. The Hall–Kier alpha value is -0.490. The van der Waals surface area contributed by atoms with E-state index in [1.54, 1.807) is 0 Å². The second-order valence-corrected chi connectivity index (χ2v) is 2.44. The second-order valence-electron chi connectivity index (χ2n) is 2.44. The van der Waals surface area contributed by atoms with Crippen LogP contribution in [0.15, 0.2) is 0 Å². The van der Waals surface area contributed by atoms with E-state index in [4.69, 9.17) is 21.1 Å². The van der Waals surface area contributed by atoms with Crippen LogP contribution in [0.5, 0.6) is 0 Å². The van der Waals surface area contributed by atoms with Crippen molar-refractivity contribution < 1.29 is 20.1 Å². The molecule has 5 nitrogen and oxygen atoms in total. The largest absolute Gasteiger partial charge is 0.392 e. The summed E-state index contributed by atoms with van der Waals surface area (Å²) in [6.45, 7) is 1.37. The highest BCUT2D eigenvalue weighted by atomic mass is 16.3. The van der Waals surface area contributed by atoms with Crippen molar-refractivity contribution >= 4 is 6.29 Å². The summed E-state index contributed by atoms with van der Waals surface area (Å²) >= 11 is 0. The van der Waals surface area contributed by atoms with Crippen LogP contribution in [0.3, 0.4) is 0 Å². The Balaban J connectivity index is 4.00. The third kappa shape index (κ3) is 2.94. The Morgan fingerprint density at radius 2 is 1.82 bits per heavy atom. The van der Waals surface area contributed by atoms with E-state index in [2.05, 4.69) is 0 Å². The van der Waals surface area contributed by atoms with Gasteiger partial charge in [0.2, 0.25) is 0 Å². The van der Waals surface area contributed by atoms with Crippen LogP contribution in [0.4, 0.5) is 0 Å². The quantitative estimate of drug-likeness (QED) is 0.346. The van der Waals surface area contributed by atoms with Gasteiger partial charge in [0, 0.05) is 0 Å². The van der Waals surface area contributed by atoms with E-state index in [9.17, 15) is 4.79 Å². The lowest BCUT2D eigenvalue weighted by atomic mass is 10.0. The van der Waals surface area contributed by atoms with Crippen LogP contribution >= 0.6 is 0 Å². The number of aliphatic hydroxyl groups excluding tert-OH is 3. The molecule has 5 heteroatoms. The highest BCUT2D eigenvalue weighted by Crippen LogP contribution is 1.99. The first-order chi connectivity index (χ1) is 5.00. The SMILES string of the molecule is C[C@@H](O)[C@@H](N)[C@H](O)[C@@H](O)C=O. The molecule has 0 spiro atoms. The van der Waals surface area contributed by atoms with Crippen LogP contribution in [-0.2, 0) is 4.79 Å². The third-order valence-corrected chi connectivity index (χ3v) is 1.44. The summed E-state index contributed by atoms with van der Waals surface area (Å²) in [6.07, 6.45) is -3.72. The van der Waals surface area contributed by atoms with E-state index < -0.39 is 24.4 Å². The van der Waals surface area contributed by atoms with Gasteiger partial charge in [0.25, 0.3) is 0 Å². The van der Waals surface area contributed by atoms with Gasteiger partial charge < -0.3 is 25.8 Å². The lowest BCUT2D eigenvalue weighted by Gasteiger charge is -2.22. The molecule has 66 valence electrons. The van der Waals surface area contributed by atoms with Crippen molar-refractivity contribution in [1.29, 1.82) is 0 Å². The van der Waals surface area contributed by atoms with E-state index in [0.717, 1.165) is 0 Å². The zero-order valence-corrected chi connectivity index (χ0v) is 6.21. The van der Waals surface area contributed by atoms with Crippen LogP contribution in [0, 0.1) is 0 Å². The van der Waals surface area contributed by atoms with Crippen LogP contribution in [-0.4, -0.2) is 46.0 Å². The van der Waals surface area contributed by atoms with E-state index >= 15 is 0 Å². The minimum Gasteiger partial charge on any atom is -0.392 e. The average Bonchev–Trinajstić information content (AvgIpc) is 2.00. The lowest BCUT2D eigenvalue weighted by molar-refractivity contribution is -0.122. The number of carbonyl (C=O) groups excluding carboxylic acids is 1. The first-order valence-electron chi connectivity index (χ1n) is 3.25. The number of carbonyl (C=O) groups is 1. The molecular formula is C6H13NO4. The Morgan fingerprint density at radius 1 is 1.36 bits per heavy atom. The predicted octanol–water partition coefficient (Wildman–Crippen LogP) is -2.38. The molecule has 0 saturated carbocycles. The van der Waals surface area contributed by atoms with E-state index in [-0.39, 0.29) is 6.29 Å². The van der Waals surface area contributed by atoms with Gasteiger partial charge in [-0.3, -0.25) is 0 Å². The molecule has 0 fully saturated rings. The number of hydrogen-bond acceptors (Lipinski definition) is 5. The molecule has 0 aromatic carbocycles. The lowest BCUT2D eigenvalue weighted by Crippen LogP contribution is -2.49. The smallest absolute Gasteiger partial charge is 0.151 e. The number of nitrogens with two attached hydrogens (primary N) is 1. The summed E-state index contributed by atoms with van der Waals surface area (Å²) in [4.78, 5) is 9.93. The molecule has 0 bridgehead atoms. The van der Waals surface area contributed by atoms with Crippen molar-refractivity contribution in [3.63, 3.8) is 0 Å². The maximum Gasteiger partial charge on any atom is 0.151 e. The molecule has 0 amide bonds. The van der Waals surface area contributed by atoms with Gasteiger partial charge in [-0.15, -0.1) is 0 Å². The van der Waals surface area contributed by atoms with E-state index in [1.807, 2.05) is 0 Å². The van der Waals surface area contributed by atoms with Gasteiger partial charge in [-0.05, 0) is 6.92 Å². The standard InChI is InChI=1S/C6H13NO4/c1-3(9)5(7)6(11)4(10)2-8/h2-6,9-11H,7H2,1H3/t3-,4+,5-,6-/m1/s1. The normalized spacial score (nSPS) is 21.9. The molecule has 0 unspecified atom stereocenters. The van der Waals surface area contributed by atoms with Crippen LogP contribution in [0.2, 0.25) is 0 Å². The molecule has 11 heavy (non-hydrogen) atoms. The first kappa shape index (κ1) is 10.5. The predicted molar refractivity (Wildman–Crippen MR) is 37.7 cm³/mol. The molecule has 4 atom stereocenters. The molecule has 0 aromatic rings. The first-order valence-corrected chi connectivity index (χ1v) is 3.25. The average molecular weight is 163 g/mol. The van der Waals surface area contributed by atoms with Crippen LogP contribution in [0.25, 0.3) is 0 Å². The molecule has 0 saturated heterocycles. The molecule has 0 aromatic heterocycles. The third-order valence-electron chi connectivity index (χ3n) is 1.44. The van der Waals surface area contributed by atoms with Crippen molar-refractivity contribution in [2.24, 2.45) is 5.73 Å². The minimum atomic E-state index is -1.53. The summed E-state index contributed by atoms with van der Waals surface area (Å²) in [7, 11) is 0. The summed E-state index contributed by atoms with van der Waals surface area (Å²) in [5, 5.41) is 26.6. The molecule has 0 aliphatic heterocycles. The fraction of sp³-hybridized carbons (Fsp3) is 0.833. The maximum atomic E-state index is 9.93. The van der Waals surface area contributed by atoms with Crippen LogP contribution < -0.4 is 5.73 Å². The topological polar surface area (TPSA) is 104 Å². The Kier molecular flexibility index (Phi) is 4.20. The highest BCUT2D eigenvalue weighted by molar-refractivity contribution is 5.56. The number of rotatable bonds is 4. The van der Waals surface area contributed by atoms with Gasteiger partial charge in [-0.2, -0.15) is 0 Å². The monoisotopic (exact) mass is 163 g/mol. The molecule has 0 aliphatic carbocycles. The molecular weight excluding hydrogens is 150 g/mol. The van der Waals surface area contributed by atoms with Gasteiger partial charge in [0.05, 0.1) is 12.1 Å². The van der Waals surface area contributed by atoms with E-state index in [1.165, 1.54) is 6.92 Å². The Labute approximate surface area is 64.4 Å². The number of aldehydes is 1. The van der Waals surface area contributed by atoms with Crippen molar-refractivity contribution in [2.45, 2.75) is 31.3 Å². The minimum absolute atomic E-state index is 0.174. The molecule has 0 radical (unpaired) electrons. The van der Waals surface area contributed by atoms with Gasteiger partial charge >= 0.3 is 0 Å². The molecule has 0 heterocycles. The van der Waals surface area contributed by atoms with Gasteiger partial charge in [0.15, 0.2) is 6.29 Å². The van der Waals surface area contributed by atoms with E-state index in [0.29, 0.717) is 0 Å². The van der Waals surface area contributed by atoms with Gasteiger partial charge in [-0.1, -0.05) is 0 Å². The van der Waals surface area contributed by atoms with Gasteiger partial charge in [0.1, 0.15) is 12.2 Å². The molecule has 0 aliphatic rings. The summed E-state index contributed by atoms with van der Waals surface area (Å²) in [5.74, 6) is 0. The highest BCUT2D eigenvalue weighted by Gasteiger charge is 2.25.